The molecule has 0 unspecified atom stereocenters. The first kappa shape index (κ1) is 32.8. The number of aliphatic hydroxyl groups excluding tert-OH is 3. The van der Waals surface area contributed by atoms with E-state index in [2.05, 4.69) is 10.6 Å². The number of phenolic OH excluding ortho intramolecular Hbond substituents is 1. The standard InChI is InChI=1S/C26H39N3O11/c1-5-6-11-39-23(35)19(20-21(33)26(37,14-30)18(32)13-29(20)38)28-22(34)17(27-24(36)40-25(2,3)4)12-15-7-9-16(31)10-8-15/h7-10,13,17-21,30-33,37H,5-6,11-12,14H2,1-4H3,(H,27,36)(H,28,34)/t17-,18-,19-,20-,21-,26-/m0/s1. The van der Waals surface area contributed by atoms with Gasteiger partial charge in [-0.25, -0.2) is 14.3 Å². The van der Waals surface area contributed by atoms with Crippen LogP contribution >= 0.6 is 0 Å². The Kier molecular flexibility index (Phi) is 11.3. The van der Waals surface area contributed by atoms with Gasteiger partial charge in [0.2, 0.25) is 11.9 Å². The van der Waals surface area contributed by atoms with E-state index in [0.717, 1.165) is 0 Å². The van der Waals surface area contributed by atoms with E-state index in [1.165, 1.54) is 24.3 Å². The highest BCUT2D eigenvalue weighted by atomic mass is 16.6. The van der Waals surface area contributed by atoms with Gasteiger partial charge in [0.15, 0.2) is 30.1 Å². The third-order valence-electron chi connectivity index (χ3n) is 6.20. The predicted octanol–water partition coefficient (Wildman–Crippen LogP) is -0.935. The molecule has 6 atom stereocenters. The Morgan fingerprint density at radius 1 is 1.15 bits per heavy atom. The largest absolute Gasteiger partial charge is 0.624 e. The molecule has 1 aromatic rings. The van der Waals surface area contributed by atoms with Crippen molar-refractivity contribution in [2.24, 2.45) is 0 Å². The minimum absolute atomic E-state index is 0.00175. The lowest BCUT2D eigenvalue weighted by Crippen LogP contribution is -2.71. The number of carbonyl (C=O) groups excluding carboxylic acids is 3. The van der Waals surface area contributed by atoms with Gasteiger partial charge in [-0.2, -0.15) is 0 Å². The highest BCUT2D eigenvalue weighted by molar-refractivity contribution is 5.90. The van der Waals surface area contributed by atoms with Crippen LogP contribution in [-0.4, -0.2) is 109 Å². The van der Waals surface area contributed by atoms with Gasteiger partial charge in [-0.05, 0) is 44.9 Å². The van der Waals surface area contributed by atoms with Crippen LogP contribution in [0, 0.1) is 5.21 Å². The van der Waals surface area contributed by atoms with Gasteiger partial charge in [-0.3, -0.25) is 4.79 Å². The quantitative estimate of drug-likeness (QED) is 0.0746. The monoisotopic (exact) mass is 569 g/mol. The summed E-state index contributed by atoms with van der Waals surface area (Å²) in [5.41, 5.74) is -3.03. The van der Waals surface area contributed by atoms with Gasteiger partial charge in [0.05, 0.1) is 13.2 Å². The molecular formula is C26H39N3O11. The van der Waals surface area contributed by atoms with Crippen LogP contribution in [0.4, 0.5) is 4.79 Å². The first-order valence-electron chi connectivity index (χ1n) is 12.9. The molecule has 14 heteroatoms. The number of aromatic hydroxyl groups is 1. The molecule has 0 bridgehead atoms. The fourth-order valence-corrected chi connectivity index (χ4v) is 3.97. The lowest BCUT2D eigenvalue weighted by Gasteiger charge is -2.41. The van der Waals surface area contributed by atoms with Crippen molar-refractivity contribution in [3.8, 4) is 5.75 Å². The summed E-state index contributed by atoms with van der Waals surface area (Å²) >= 11 is 0. The molecule has 0 aliphatic carbocycles. The maximum absolute atomic E-state index is 13.5. The topological polar surface area (TPSA) is 221 Å². The Balaban J connectivity index is 2.44. The number of hydrogen-bond donors (Lipinski definition) is 7. The number of nitrogens with zero attached hydrogens (tertiary/aromatic N) is 1. The summed E-state index contributed by atoms with van der Waals surface area (Å²) in [5, 5.41) is 68.2. The number of ether oxygens (including phenoxy) is 2. The Morgan fingerprint density at radius 2 is 1.77 bits per heavy atom. The molecule has 0 aromatic heterocycles. The summed E-state index contributed by atoms with van der Waals surface area (Å²) in [7, 11) is 0. The van der Waals surface area contributed by atoms with Crippen LogP contribution in [-0.2, 0) is 25.5 Å². The molecule has 40 heavy (non-hydrogen) atoms. The number of carbonyl (C=O) groups is 3. The van der Waals surface area contributed by atoms with Crippen LogP contribution in [0.3, 0.4) is 0 Å². The minimum Gasteiger partial charge on any atom is -0.624 e. The third-order valence-corrected chi connectivity index (χ3v) is 6.20. The molecule has 0 radical (unpaired) electrons. The number of aliphatic hydroxyl groups is 4. The van der Waals surface area contributed by atoms with E-state index in [9.17, 15) is 45.1 Å². The smallest absolute Gasteiger partial charge is 0.408 e. The van der Waals surface area contributed by atoms with Crippen molar-refractivity contribution in [3.63, 3.8) is 0 Å². The number of alkyl carbamates (subject to hydrolysis) is 1. The van der Waals surface area contributed by atoms with Gasteiger partial charge in [-0.1, -0.05) is 25.5 Å². The summed E-state index contributed by atoms with van der Waals surface area (Å²) in [6.07, 6.45) is -3.62. The van der Waals surface area contributed by atoms with E-state index < -0.39 is 66.1 Å². The number of unbranched alkanes of at least 4 members (excludes halogenated alkanes) is 1. The molecule has 0 saturated carbocycles. The zero-order valence-corrected chi connectivity index (χ0v) is 22.9. The van der Waals surface area contributed by atoms with Crippen LogP contribution in [0.5, 0.6) is 5.75 Å². The number of hydroxylamine groups is 1. The Labute approximate surface area is 231 Å². The van der Waals surface area contributed by atoms with Crippen molar-refractivity contribution >= 4 is 24.2 Å². The molecule has 0 saturated heterocycles. The lowest BCUT2D eigenvalue weighted by atomic mass is 9.81. The van der Waals surface area contributed by atoms with Gasteiger partial charge >= 0.3 is 12.1 Å². The van der Waals surface area contributed by atoms with Crippen molar-refractivity contribution in [1.82, 2.24) is 10.6 Å². The minimum atomic E-state index is -2.63. The molecule has 1 aliphatic heterocycles. The molecular weight excluding hydrogens is 530 g/mol. The Morgan fingerprint density at radius 3 is 2.33 bits per heavy atom. The predicted molar refractivity (Wildman–Crippen MR) is 140 cm³/mol. The molecule has 14 nitrogen and oxygen atoms in total. The number of rotatable bonds is 11. The molecule has 1 heterocycles. The van der Waals surface area contributed by atoms with E-state index in [1.54, 1.807) is 20.8 Å². The zero-order valence-electron chi connectivity index (χ0n) is 22.9. The van der Waals surface area contributed by atoms with E-state index in [0.29, 0.717) is 24.6 Å². The van der Waals surface area contributed by atoms with Crippen LogP contribution in [0.25, 0.3) is 0 Å². The number of esters is 1. The normalized spacial score (nSPS) is 24.3. The average molecular weight is 570 g/mol. The molecule has 7 N–H and O–H groups in total. The van der Waals surface area contributed by atoms with E-state index in [-0.39, 0.29) is 23.5 Å². The van der Waals surface area contributed by atoms with Crippen molar-refractivity contribution in [2.45, 2.75) is 88.5 Å². The second-order valence-electron chi connectivity index (χ2n) is 10.6. The van der Waals surface area contributed by atoms with E-state index >= 15 is 0 Å². The fourth-order valence-electron chi connectivity index (χ4n) is 3.97. The summed E-state index contributed by atoms with van der Waals surface area (Å²) in [6.45, 7) is 5.43. The van der Waals surface area contributed by atoms with Crippen LogP contribution in [0.1, 0.15) is 46.1 Å². The van der Waals surface area contributed by atoms with Crippen LogP contribution < -0.4 is 10.6 Å². The van der Waals surface area contributed by atoms with E-state index in [4.69, 9.17) is 9.47 Å². The average Bonchev–Trinajstić information content (AvgIpc) is 2.86. The molecule has 1 aliphatic rings. The van der Waals surface area contributed by atoms with Crippen molar-refractivity contribution in [1.29, 1.82) is 0 Å². The van der Waals surface area contributed by atoms with Gasteiger partial charge < -0.3 is 50.8 Å². The molecule has 0 spiro atoms. The summed E-state index contributed by atoms with van der Waals surface area (Å²) in [4.78, 5) is 39.1. The van der Waals surface area contributed by atoms with E-state index in [1.807, 2.05) is 6.92 Å². The Hall–Kier alpha value is -3.46. The SMILES string of the molecule is CCCCOC(=O)[C@@H](NC(=O)[C@H](Cc1ccc(O)cc1)NC(=O)OC(C)(C)C)[C@H]1[C@H](O)[C@](O)(CO)[C@@H](O)C=[N+]1[O-]. The second kappa shape index (κ2) is 13.7. The first-order valence-corrected chi connectivity index (χ1v) is 12.9. The summed E-state index contributed by atoms with van der Waals surface area (Å²) in [5.74, 6) is -2.13. The molecule has 1 aromatic carbocycles. The first-order chi connectivity index (χ1) is 18.6. The number of hydrogen-bond acceptors (Lipinski definition) is 11. The summed E-state index contributed by atoms with van der Waals surface area (Å²) < 4.78 is 10.4. The molecule has 2 amide bonds. The maximum atomic E-state index is 13.5. The zero-order chi connectivity index (χ0) is 30.3. The highest BCUT2D eigenvalue weighted by Crippen LogP contribution is 2.26. The lowest BCUT2D eigenvalue weighted by molar-refractivity contribution is -0.532. The Bertz CT molecular complexity index is 1060. The van der Waals surface area contributed by atoms with Gasteiger partial charge in [0.25, 0.3) is 0 Å². The summed E-state index contributed by atoms with van der Waals surface area (Å²) in [6, 6.07) is 0.552. The van der Waals surface area contributed by atoms with Crippen molar-refractivity contribution < 1.29 is 54.1 Å². The molecule has 2 rings (SSSR count). The second-order valence-corrected chi connectivity index (χ2v) is 10.6. The van der Waals surface area contributed by atoms with Crippen LogP contribution in [0.2, 0.25) is 0 Å². The fraction of sp³-hybridized carbons (Fsp3) is 0.615. The van der Waals surface area contributed by atoms with Gasteiger partial charge in [-0.15, -0.1) is 0 Å². The number of nitrogens with one attached hydrogen (secondary N) is 2. The number of benzene rings is 1. The van der Waals surface area contributed by atoms with Crippen LogP contribution in [0.15, 0.2) is 24.3 Å². The van der Waals surface area contributed by atoms with Crippen molar-refractivity contribution in [3.05, 3.63) is 35.0 Å². The highest BCUT2D eigenvalue weighted by Gasteiger charge is 2.58. The van der Waals surface area contributed by atoms with Crippen molar-refractivity contribution in [2.75, 3.05) is 13.2 Å². The van der Waals surface area contributed by atoms with Gasteiger partial charge in [0.1, 0.15) is 17.4 Å². The number of phenols is 1. The molecule has 0 fully saturated rings. The maximum Gasteiger partial charge on any atom is 0.408 e. The van der Waals surface area contributed by atoms with Gasteiger partial charge in [0, 0.05) is 6.42 Å². The third kappa shape index (κ3) is 8.52. The number of amides is 2. The molecule has 224 valence electrons.